The molecule has 0 aromatic heterocycles. The van der Waals surface area contributed by atoms with E-state index in [1.54, 1.807) is 37.4 Å². The number of rotatable bonds is 5. The number of aromatic carboxylic acids is 1. The van der Waals surface area contributed by atoms with Crippen molar-refractivity contribution in [1.29, 1.82) is 0 Å². The largest absolute Gasteiger partial charge is 0.478 e. The number of allylic oxidation sites excluding steroid dienone is 2. The van der Waals surface area contributed by atoms with Crippen molar-refractivity contribution in [3.8, 4) is 0 Å². The fourth-order valence-corrected chi connectivity index (χ4v) is 2.95. The zero-order chi connectivity index (χ0) is 18.8. The fourth-order valence-electron chi connectivity index (χ4n) is 2.95. The third-order valence-corrected chi connectivity index (χ3v) is 4.44. The van der Waals surface area contributed by atoms with Gasteiger partial charge in [-0.2, -0.15) is 0 Å². The van der Waals surface area contributed by atoms with Crippen molar-refractivity contribution in [2.75, 3.05) is 26.7 Å². The highest BCUT2D eigenvalue weighted by molar-refractivity contribution is 5.87. The van der Waals surface area contributed by atoms with Gasteiger partial charge in [0.15, 0.2) is 5.79 Å². The number of nitrogens with one attached hydrogen (secondary N) is 1. The highest BCUT2D eigenvalue weighted by Gasteiger charge is 2.33. The van der Waals surface area contributed by atoms with Crippen LogP contribution in [-0.4, -0.2) is 49.7 Å². The molecule has 1 aliphatic carbocycles. The molecule has 0 radical (unpaired) electrons. The summed E-state index contributed by atoms with van der Waals surface area (Å²) in [7, 11) is 1.70. The van der Waals surface area contributed by atoms with E-state index in [4.69, 9.17) is 20.3 Å². The molecular weight excluding hydrogens is 332 g/mol. The number of ether oxygens (including phenoxy) is 2. The lowest BCUT2D eigenvalue weighted by atomic mass is 9.98. The first-order valence-electron chi connectivity index (χ1n) is 8.88. The van der Waals surface area contributed by atoms with E-state index in [1.807, 2.05) is 18.2 Å². The van der Waals surface area contributed by atoms with Gasteiger partial charge in [0.2, 0.25) is 0 Å². The summed E-state index contributed by atoms with van der Waals surface area (Å²) in [4.78, 5) is 10.2. The molecule has 1 heterocycles. The SMILES string of the molecule is COC1(OC2CCNCC2)C=CC=C(CN)C1.O=C(O)c1ccccc1. The van der Waals surface area contributed by atoms with Gasteiger partial charge in [-0.05, 0) is 44.1 Å². The molecule has 6 heteroatoms. The van der Waals surface area contributed by atoms with Crippen molar-refractivity contribution in [3.05, 3.63) is 59.7 Å². The minimum atomic E-state index is -0.879. The summed E-state index contributed by atoms with van der Waals surface area (Å²) in [6, 6.07) is 8.30. The molecule has 0 bridgehead atoms. The van der Waals surface area contributed by atoms with E-state index in [9.17, 15) is 4.79 Å². The lowest BCUT2D eigenvalue weighted by Gasteiger charge is -2.37. The molecule has 1 fully saturated rings. The molecule has 0 spiro atoms. The Hall–Kier alpha value is -1.99. The number of methoxy groups -OCH3 is 1. The number of piperidine rings is 1. The number of hydrogen-bond acceptors (Lipinski definition) is 5. The van der Waals surface area contributed by atoms with Crippen LogP contribution in [0.3, 0.4) is 0 Å². The Morgan fingerprint density at radius 3 is 2.54 bits per heavy atom. The van der Waals surface area contributed by atoms with Gasteiger partial charge in [0.05, 0.1) is 11.7 Å². The number of benzene rings is 1. The summed E-state index contributed by atoms with van der Waals surface area (Å²) in [6.07, 6.45) is 9.12. The highest BCUT2D eigenvalue weighted by Crippen LogP contribution is 2.30. The van der Waals surface area contributed by atoms with E-state index in [2.05, 4.69) is 5.32 Å². The van der Waals surface area contributed by atoms with E-state index >= 15 is 0 Å². The van der Waals surface area contributed by atoms with Gasteiger partial charge in [-0.25, -0.2) is 4.79 Å². The van der Waals surface area contributed by atoms with E-state index in [1.165, 1.54) is 5.57 Å². The maximum absolute atomic E-state index is 10.2. The third-order valence-electron chi connectivity index (χ3n) is 4.44. The molecule has 142 valence electrons. The van der Waals surface area contributed by atoms with Gasteiger partial charge in [0, 0.05) is 20.1 Å². The molecule has 1 aromatic rings. The van der Waals surface area contributed by atoms with Crippen LogP contribution in [0, 0.1) is 0 Å². The van der Waals surface area contributed by atoms with Gasteiger partial charge in [-0.3, -0.25) is 0 Å². The molecule has 1 atom stereocenters. The summed E-state index contributed by atoms with van der Waals surface area (Å²) >= 11 is 0. The lowest BCUT2D eigenvalue weighted by molar-refractivity contribution is -0.218. The molecule has 26 heavy (non-hydrogen) atoms. The van der Waals surface area contributed by atoms with Crippen molar-refractivity contribution in [1.82, 2.24) is 5.32 Å². The minimum Gasteiger partial charge on any atom is -0.478 e. The zero-order valence-corrected chi connectivity index (χ0v) is 15.2. The van der Waals surface area contributed by atoms with Crippen LogP contribution in [0.5, 0.6) is 0 Å². The molecular formula is C20H28N2O4. The van der Waals surface area contributed by atoms with Crippen LogP contribution in [0.1, 0.15) is 29.6 Å². The Morgan fingerprint density at radius 1 is 1.31 bits per heavy atom. The van der Waals surface area contributed by atoms with Crippen LogP contribution in [0.25, 0.3) is 0 Å². The van der Waals surface area contributed by atoms with Gasteiger partial charge in [0.1, 0.15) is 0 Å². The molecule has 1 aliphatic heterocycles. The summed E-state index contributed by atoms with van der Waals surface area (Å²) in [5.74, 6) is -1.48. The van der Waals surface area contributed by atoms with Gasteiger partial charge in [-0.1, -0.05) is 35.9 Å². The Balaban J connectivity index is 0.000000228. The average molecular weight is 360 g/mol. The number of carboxylic acid groups (broad SMARTS) is 1. The molecule has 0 saturated carbocycles. The van der Waals surface area contributed by atoms with E-state index in [0.717, 1.165) is 32.4 Å². The maximum Gasteiger partial charge on any atom is 0.335 e. The summed E-state index contributed by atoms with van der Waals surface area (Å²) < 4.78 is 11.7. The number of hydrogen-bond donors (Lipinski definition) is 3. The summed E-state index contributed by atoms with van der Waals surface area (Å²) in [5, 5.41) is 11.7. The van der Waals surface area contributed by atoms with Crippen molar-refractivity contribution < 1.29 is 19.4 Å². The standard InChI is InChI=1S/C13H22N2O2.C7H6O2/c1-16-13(6-2-3-11(9-13)10-14)17-12-4-7-15-8-5-12;8-7(9)6-4-2-1-3-5-6/h2-3,6,12,15H,4-5,7-10,14H2,1H3;1-5H,(H,8,9). The van der Waals surface area contributed by atoms with E-state index in [0.29, 0.717) is 12.1 Å². The van der Waals surface area contributed by atoms with Crippen LogP contribution < -0.4 is 11.1 Å². The number of carboxylic acids is 1. The molecule has 1 saturated heterocycles. The average Bonchev–Trinajstić information content (AvgIpc) is 2.70. The third kappa shape index (κ3) is 6.07. The quantitative estimate of drug-likeness (QED) is 0.698. The molecule has 1 unspecified atom stereocenters. The van der Waals surface area contributed by atoms with Crippen LogP contribution in [0.15, 0.2) is 54.1 Å². The monoisotopic (exact) mass is 360 g/mol. The number of carbonyl (C=O) groups is 1. The summed E-state index contributed by atoms with van der Waals surface area (Å²) in [6.45, 7) is 2.60. The van der Waals surface area contributed by atoms with Gasteiger partial charge in [0.25, 0.3) is 0 Å². The van der Waals surface area contributed by atoms with Crippen molar-refractivity contribution in [2.24, 2.45) is 5.73 Å². The van der Waals surface area contributed by atoms with Gasteiger partial charge in [-0.15, -0.1) is 0 Å². The van der Waals surface area contributed by atoms with Crippen molar-refractivity contribution in [3.63, 3.8) is 0 Å². The maximum atomic E-state index is 10.2. The molecule has 0 amide bonds. The van der Waals surface area contributed by atoms with E-state index < -0.39 is 11.8 Å². The van der Waals surface area contributed by atoms with Crippen molar-refractivity contribution in [2.45, 2.75) is 31.2 Å². The molecule has 1 aromatic carbocycles. The Morgan fingerprint density at radius 2 is 2.00 bits per heavy atom. The Bertz CT molecular complexity index is 624. The molecule has 6 nitrogen and oxygen atoms in total. The molecule has 2 aliphatic rings. The van der Waals surface area contributed by atoms with Crippen LogP contribution in [-0.2, 0) is 9.47 Å². The zero-order valence-electron chi connectivity index (χ0n) is 15.2. The first-order valence-corrected chi connectivity index (χ1v) is 8.88. The highest BCUT2D eigenvalue weighted by atomic mass is 16.7. The fraction of sp³-hybridized carbons (Fsp3) is 0.450. The molecule has 3 rings (SSSR count). The van der Waals surface area contributed by atoms with Crippen LogP contribution >= 0.6 is 0 Å². The predicted octanol–water partition coefficient (Wildman–Crippen LogP) is 2.33. The van der Waals surface area contributed by atoms with Crippen molar-refractivity contribution >= 4 is 5.97 Å². The first kappa shape index (κ1) is 20.3. The Labute approximate surface area is 154 Å². The topological polar surface area (TPSA) is 93.8 Å². The predicted molar refractivity (Wildman–Crippen MR) is 101 cm³/mol. The second kappa shape index (κ2) is 10.2. The molecule has 4 N–H and O–H groups in total. The normalized spacial score (nSPS) is 22.9. The first-order chi connectivity index (χ1) is 12.6. The van der Waals surface area contributed by atoms with Crippen LogP contribution in [0.4, 0.5) is 0 Å². The Kier molecular flexibility index (Phi) is 8.00. The smallest absolute Gasteiger partial charge is 0.335 e. The summed E-state index contributed by atoms with van der Waals surface area (Å²) in [5.41, 5.74) is 7.19. The lowest BCUT2D eigenvalue weighted by Crippen LogP contribution is -2.42. The number of nitrogens with two attached hydrogens (primary N) is 1. The second-order valence-electron chi connectivity index (χ2n) is 6.32. The van der Waals surface area contributed by atoms with Gasteiger partial charge < -0.3 is 25.6 Å². The van der Waals surface area contributed by atoms with Gasteiger partial charge >= 0.3 is 5.97 Å². The minimum absolute atomic E-state index is 0.276. The second-order valence-corrected chi connectivity index (χ2v) is 6.32. The van der Waals surface area contributed by atoms with E-state index in [-0.39, 0.29) is 6.10 Å². The van der Waals surface area contributed by atoms with Crippen LogP contribution in [0.2, 0.25) is 0 Å².